The van der Waals surface area contributed by atoms with Crippen LogP contribution in [-0.4, -0.2) is 20.2 Å². The average Bonchev–Trinajstić information content (AvgIpc) is 2.61. The van der Waals surface area contributed by atoms with Crippen molar-refractivity contribution < 1.29 is 17.4 Å². The highest BCUT2D eigenvalue weighted by atomic mass is 32.2. The summed E-state index contributed by atoms with van der Waals surface area (Å²) in [7, 11) is -4.08. The molecule has 0 aromatic heterocycles. The van der Waals surface area contributed by atoms with Gasteiger partial charge in [-0.05, 0) is 34.5 Å². The first-order valence-corrected chi connectivity index (χ1v) is 9.30. The van der Waals surface area contributed by atoms with E-state index in [-0.39, 0.29) is 11.4 Å². The maximum atomic E-state index is 12.2. The minimum absolute atomic E-state index is 0.0358. The van der Waals surface area contributed by atoms with Gasteiger partial charge in [0.25, 0.3) is 0 Å². The summed E-state index contributed by atoms with van der Waals surface area (Å²) in [6.07, 6.45) is 0. The lowest BCUT2D eigenvalue weighted by Gasteiger charge is -2.08. The fraction of sp³-hybridized carbons (Fsp3) is 0.0526. The van der Waals surface area contributed by atoms with Crippen LogP contribution in [0.15, 0.2) is 66.7 Å². The van der Waals surface area contributed by atoms with Crippen molar-refractivity contribution in [1.29, 1.82) is 5.41 Å². The molecule has 0 unspecified atom stereocenters. The van der Waals surface area contributed by atoms with Gasteiger partial charge in [0.2, 0.25) is 0 Å². The molecular formula is C19H16N2O4S. The van der Waals surface area contributed by atoms with Crippen molar-refractivity contribution >= 4 is 32.7 Å². The fourth-order valence-corrected chi connectivity index (χ4v) is 3.50. The standard InChI is InChI=1S/C19H16N2O4S/c20-18(21)17-9-8-15-10-13(6-7-16(15)11-17)12-26(23,24)25-19(22)14-4-2-1-3-5-14/h1-11H,12H2,(H3,20,21). The first-order valence-electron chi connectivity index (χ1n) is 7.73. The van der Waals surface area contributed by atoms with Crippen LogP contribution < -0.4 is 5.73 Å². The quantitative estimate of drug-likeness (QED) is 0.409. The average molecular weight is 368 g/mol. The van der Waals surface area contributed by atoms with E-state index in [0.29, 0.717) is 11.1 Å². The van der Waals surface area contributed by atoms with Gasteiger partial charge in [-0.15, -0.1) is 0 Å². The van der Waals surface area contributed by atoms with E-state index >= 15 is 0 Å². The Morgan fingerprint density at radius 2 is 1.58 bits per heavy atom. The number of amidine groups is 1. The summed E-state index contributed by atoms with van der Waals surface area (Å²) in [5.74, 6) is -1.36. The first kappa shape index (κ1) is 17.6. The van der Waals surface area contributed by atoms with Crippen LogP contribution in [-0.2, 0) is 20.1 Å². The molecule has 0 aliphatic heterocycles. The van der Waals surface area contributed by atoms with E-state index in [1.54, 1.807) is 54.6 Å². The van der Waals surface area contributed by atoms with Crippen molar-refractivity contribution in [3.8, 4) is 0 Å². The van der Waals surface area contributed by atoms with E-state index in [4.69, 9.17) is 11.1 Å². The smallest absolute Gasteiger partial charge is 0.353 e. The van der Waals surface area contributed by atoms with Crippen molar-refractivity contribution in [3.05, 3.63) is 83.4 Å². The van der Waals surface area contributed by atoms with Gasteiger partial charge in [0.05, 0.1) is 5.56 Å². The number of benzene rings is 3. The summed E-state index contributed by atoms with van der Waals surface area (Å²) in [4.78, 5) is 11.9. The van der Waals surface area contributed by atoms with Crippen molar-refractivity contribution in [3.63, 3.8) is 0 Å². The van der Waals surface area contributed by atoms with E-state index in [2.05, 4.69) is 4.18 Å². The summed E-state index contributed by atoms with van der Waals surface area (Å²) in [6, 6.07) is 18.2. The second-order valence-electron chi connectivity index (χ2n) is 5.75. The molecule has 0 spiro atoms. The third kappa shape index (κ3) is 4.07. The van der Waals surface area contributed by atoms with Gasteiger partial charge in [-0.1, -0.05) is 48.5 Å². The normalized spacial score (nSPS) is 11.2. The molecule has 3 N–H and O–H groups in total. The molecule has 0 saturated carbocycles. The van der Waals surface area contributed by atoms with E-state index < -0.39 is 21.8 Å². The first-order chi connectivity index (χ1) is 12.3. The maximum Gasteiger partial charge on any atom is 0.353 e. The molecule has 132 valence electrons. The molecule has 7 heteroatoms. The molecule has 0 bridgehead atoms. The highest BCUT2D eigenvalue weighted by Gasteiger charge is 2.19. The molecular weight excluding hydrogens is 352 g/mol. The van der Waals surface area contributed by atoms with Crippen molar-refractivity contribution in [2.45, 2.75) is 5.75 Å². The highest BCUT2D eigenvalue weighted by molar-refractivity contribution is 7.86. The predicted octanol–water partition coefficient (Wildman–Crippen LogP) is 2.81. The molecule has 3 aromatic carbocycles. The van der Waals surface area contributed by atoms with Crippen LogP contribution in [0.25, 0.3) is 10.8 Å². The molecule has 0 heterocycles. The predicted molar refractivity (Wildman–Crippen MR) is 99.4 cm³/mol. The van der Waals surface area contributed by atoms with Gasteiger partial charge in [-0.25, -0.2) is 4.79 Å². The van der Waals surface area contributed by atoms with Gasteiger partial charge in [0.15, 0.2) is 0 Å². The summed E-state index contributed by atoms with van der Waals surface area (Å²) >= 11 is 0. The fourth-order valence-electron chi connectivity index (χ4n) is 2.52. The van der Waals surface area contributed by atoms with Gasteiger partial charge in [-0.2, -0.15) is 8.42 Å². The van der Waals surface area contributed by atoms with Crippen LogP contribution in [0.4, 0.5) is 0 Å². The summed E-state index contributed by atoms with van der Waals surface area (Å²) in [5, 5.41) is 9.09. The Morgan fingerprint density at radius 3 is 2.27 bits per heavy atom. The van der Waals surface area contributed by atoms with Gasteiger partial charge >= 0.3 is 16.1 Å². The molecule has 3 rings (SSSR count). The zero-order valence-electron chi connectivity index (χ0n) is 13.7. The van der Waals surface area contributed by atoms with Crippen LogP contribution in [0.2, 0.25) is 0 Å². The second-order valence-corrected chi connectivity index (χ2v) is 7.32. The number of hydrogen-bond acceptors (Lipinski definition) is 5. The lowest BCUT2D eigenvalue weighted by atomic mass is 10.0. The Labute approximate surface area is 150 Å². The van der Waals surface area contributed by atoms with Crippen LogP contribution in [0.3, 0.4) is 0 Å². The maximum absolute atomic E-state index is 12.2. The number of rotatable bonds is 5. The van der Waals surface area contributed by atoms with Crippen molar-refractivity contribution in [2.24, 2.45) is 5.73 Å². The Kier molecular flexibility index (Phi) is 4.73. The Bertz CT molecular complexity index is 1090. The summed E-state index contributed by atoms with van der Waals surface area (Å²) in [5.41, 5.74) is 6.73. The van der Waals surface area contributed by atoms with Gasteiger partial charge in [0.1, 0.15) is 11.6 Å². The Balaban J connectivity index is 1.80. The number of fused-ring (bicyclic) bond motifs is 1. The molecule has 0 radical (unpaired) electrons. The minimum atomic E-state index is -4.08. The highest BCUT2D eigenvalue weighted by Crippen LogP contribution is 2.20. The molecule has 0 atom stereocenters. The number of carbonyl (C=O) groups excluding carboxylic acids is 1. The van der Waals surface area contributed by atoms with E-state index in [9.17, 15) is 13.2 Å². The van der Waals surface area contributed by atoms with Crippen LogP contribution in [0.1, 0.15) is 21.5 Å². The van der Waals surface area contributed by atoms with Crippen molar-refractivity contribution in [1.82, 2.24) is 0 Å². The lowest BCUT2D eigenvalue weighted by Crippen LogP contribution is -2.15. The van der Waals surface area contributed by atoms with Crippen molar-refractivity contribution in [2.75, 3.05) is 0 Å². The SMILES string of the molecule is N=C(N)c1ccc2cc(CS(=O)(=O)OC(=O)c3ccccc3)ccc2c1. The zero-order valence-corrected chi connectivity index (χ0v) is 14.5. The molecule has 0 saturated heterocycles. The second kappa shape index (κ2) is 6.97. The topological polar surface area (TPSA) is 110 Å². The molecule has 0 fully saturated rings. The van der Waals surface area contributed by atoms with Gasteiger partial charge < -0.3 is 9.92 Å². The van der Waals surface area contributed by atoms with E-state index in [0.717, 1.165) is 10.8 Å². The van der Waals surface area contributed by atoms with Crippen LogP contribution in [0.5, 0.6) is 0 Å². The van der Waals surface area contributed by atoms with Crippen LogP contribution in [0, 0.1) is 5.41 Å². The monoisotopic (exact) mass is 368 g/mol. The van der Waals surface area contributed by atoms with Crippen LogP contribution >= 0.6 is 0 Å². The van der Waals surface area contributed by atoms with Gasteiger partial charge in [0, 0.05) is 5.56 Å². The lowest BCUT2D eigenvalue weighted by molar-refractivity contribution is 0.0746. The molecule has 6 nitrogen and oxygen atoms in total. The van der Waals surface area contributed by atoms with E-state index in [1.807, 2.05) is 0 Å². The molecule has 26 heavy (non-hydrogen) atoms. The Hall–Kier alpha value is -3.19. The number of nitrogens with one attached hydrogen (secondary N) is 1. The minimum Gasteiger partial charge on any atom is -0.384 e. The molecule has 0 aliphatic carbocycles. The molecule has 3 aromatic rings. The summed E-state index contributed by atoms with van der Waals surface area (Å²) < 4.78 is 29.0. The third-order valence-electron chi connectivity index (χ3n) is 3.77. The van der Waals surface area contributed by atoms with Gasteiger partial charge in [-0.3, -0.25) is 5.41 Å². The molecule has 0 aliphatic rings. The number of nitrogen functional groups attached to an aromatic ring is 1. The van der Waals surface area contributed by atoms with E-state index in [1.165, 1.54) is 12.1 Å². The third-order valence-corrected chi connectivity index (χ3v) is 4.86. The number of nitrogens with two attached hydrogens (primary N) is 1. The number of carbonyl (C=O) groups is 1. The number of hydrogen-bond donors (Lipinski definition) is 2. The zero-order chi connectivity index (χ0) is 18.7. The summed E-state index contributed by atoms with van der Waals surface area (Å²) in [6.45, 7) is 0. The largest absolute Gasteiger partial charge is 0.384 e. The molecule has 0 amide bonds. The Morgan fingerprint density at radius 1 is 0.923 bits per heavy atom.